The fourth-order valence-electron chi connectivity index (χ4n) is 2.71. The number of carbonyl (C=O) groups is 2. The number of nitrogens with zero attached hydrogens (tertiary/aromatic N) is 2. The lowest BCUT2D eigenvalue weighted by Gasteiger charge is -2.20. The molecule has 0 saturated carbocycles. The number of fused-ring (bicyclic) bond motifs is 1. The lowest BCUT2D eigenvalue weighted by molar-refractivity contribution is -0.118. The number of hydrogen-bond acceptors (Lipinski definition) is 6. The first-order valence-corrected chi connectivity index (χ1v) is 9.08. The summed E-state index contributed by atoms with van der Waals surface area (Å²) < 4.78 is 5.08. The number of anilines is 1. The van der Waals surface area contributed by atoms with Gasteiger partial charge in [-0.1, -0.05) is 13.8 Å². The smallest absolute Gasteiger partial charge is 0.287 e. The molecule has 1 atom stereocenters. The molecule has 25 heavy (non-hydrogen) atoms. The molecule has 0 saturated heterocycles. The predicted molar refractivity (Wildman–Crippen MR) is 95.6 cm³/mol. The Labute approximate surface area is 150 Å². The molecular weight excluding hydrogens is 340 g/mol. The molecule has 0 spiro atoms. The van der Waals surface area contributed by atoms with Gasteiger partial charge in [-0.3, -0.25) is 9.59 Å². The molecule has 7 nitrogen and oxygen atoms in total. The highest BCUT2D eigenvalue weighted by Crippen LogP contribution is 2.28. The minimum atomic E-state index is -0.666. The summed E-state index contributed by atoms with van der Waals surface area (Å²) in [5, 5.41) is 6.17. The molecule has 0 fully saturated rings. The number of aromatic nitrogens is 1. The summed E-state index contributed by atoms with van der Waals surface area (Å²) in [4.78, 5) is 32.7. The number of amides is 2. The minimum absolute atomic E-state index is 0.0698. The van der Waals surface area contributed by atoms with Crippen molar-refractivity contribution in [1.82, 2.24) is 15.2 Å². The van der Waals surface area contributed by atoms with Crippen molar-refractivity contribution in [2.75, 3.05) is 18.9 Å². The van der Waals surface area contributed by atoms with Crippen molar-refractivity contribution in [2.24, 2.45) is 5.92 Å². The zero-order chi connectivity index (χ0) is 18.0. The molecule has 3 heterocycles. The van der Waals surface area contributed by atoms with Gasteiger partial charge in [0.2, 0.25) is 5.91 Å². The van der Waals surface area contributed by atoms with Gasteiger partial charge in [-0.2, -0.15) is 0 Å². The largest absolute Gasteiger partial charge is 0.459 e. The van der Waals surface area contributed by atoms with Crippen LogP contribution in [0.5, 0.6) is 0 Å². The average molecular weight is 362 g/mol. The Balaban J connectivity index is 1.68. The standard InChI is InChI=1S/C17H22N4O3S/c1-10(2)14(19-15(22)12-5-4-8-24-12)16(23)20-17-18-11-6-7-21(3)9-13(11)25-17/h4-5,8,10,14H,6-7,9H2,1-3H3,(H,19,22)(H,18,20,23)/t14-/m1/s1. The summed E-state index contributed by atoms with van der Waals surface area (Å²) in [6.07, 6.45) is 2.32. The molecule has 2 N–H and O–H groups in total. The van der Waals surface area contributed by atoms with E-state index >= 15 is 0 Å². The van der Waals surface area contributed by atoms with Crippen LogP contribution in [-0.2, 0) is 17.8 Å². The van der Waals surface area contributed by atoms with Crippen molar-refractivity contribution in [1.29, 1.82) is 0 Å². The normalized spacial score (nSPS) is 15.7. The first-order valence-electron chi connectivity index (χ1n) is 8.26. The quantitative estimate of drug-likeness (QED) is 0.851. The van der Waals surface area contributed by atoms with Gasteiger partial charge in [0.15, 0.2) is 10.9 Å². The van der Waals surface area contributed by atoms with Crippen LogP contribution in [0, 0.1) is 5.92 Å². The maximum absolute atomic E-state index is 12.6. The summed E-state index contributed by atoms with van der Waals surface area (Å²) >= 11 is 1.50. The minimum Gasteiger partial charge on any atom is -0.459 e. The average Bonchev–Trinajstić information content (AvgIpc) is 3.20. The van der Waals surface area contributed by atoms with Gasteiger partial charge in [0, 0.05) is 24.4 Å². The first-order chi connectivity index (χ1) is 11.9. The van der Waals surface area contributed by atoms with Crippen molar-refractivity contribution in [3.63, 3.8) is 0 Å². The Morgan fingerprint density at radius 1 is 1.40 bits per heavy atom. The SMILES string of the molecule is CC(C)[C@@H](NC(=O)c1ccco1)C(=O)Nc1nc2c(s1)CN(C)CC2. The van der Waals surface area contributed by atoms with Crippen molar-refractivity contribution in [3.05, 3.63) is 34.7 Å². The van der Waals surface area contributed by atoms with E-state index in [2.05, 4.69) is 27.6 Å². The summed E-state index contributed by atoms with van der Waals surface area (Å²) in [6.45, 7) is 5.59. The molecule has 8 heteroatoms. The molecule has 3 rings (SSSR count). The van der Waals surface area contributed by atoms with Crippen molar-refractivity contribution >= 4 is 28.3 Å². The van der Waals surface area contributed by atoms with Crippen molar-refractivity contribution in [3.8, 4) is 0 Å². The number of hydrogen-bond donors (Lipinski definition) is 2. The highest BCUT2D eigenvalue weighted by Gasteiger charge is 2.27. The lowest BCUT2D eigenvalue weighted by atomic mass is 10.0. The Morgan fingerprint density at radius 3 is 2.88 bits per heavy atom. The molecule has 0 bridgehead atoms. The zero-order valence-corrected chi connectivity index (χ0v) is 15.4. The molecule has 134 valence electrons. The van der Waals surface area contributed by atoms with Gasteiger partial charge in [-0.05, 0) is 25.1 Å². The van der Waals surface area contributed by atoms with E-state index < -0.39 is 11.9 Å². The van der Waals surface area contributed by atoms with Crippen LogP contribution in [0.25, 0.3) is 0 Å². The van der Waals surface area contributed by atoms with Gasteiger partial charge in [0.05, 0.1) is 12.0 Å². The monoisotopic (exact) mass is 362 g/mol. The third-order valence-electron chi connectivity index (χ3n) is 4.13. The van der Waals surface area contributed by atoms with Gasteiger partial charge in [0.1, 0.15) is 6.04 Å². The predicted octanol–water partition coefficient (Wildman–Crippen LogP) is 2.12. The van der Waals surface area contributed by atoms with Crippen LogP contribution in [0.4, 0.5) is 5.13 Å². The van der Waals surface area contributed by atoms with E-state index in [0.717, 1.165) is 25.2 Å². The van der Waals surface area contributed by atoms with Crippen LogP contribution >= 0.6 is 11.3 Å². The molecule has 2 amide bonds. The van der Waals surface area contributed by atoms with E-state index in [0.29, 0.717) is 5.13 Å². The summed E-state index contributed by atoms with van der Waals surface area (Å²) in [5.74, 6) is -0.556. The highest BCUT2D eigenvalue weighted by molar-refractivity contribution is 7.15. The van der Waals surface area contributed by atoms with E-state index in [1.54, 1.807) is 12.1 Å². The molecule has 1 aliphatic rings. The van der Waals surface area contributed by atoms with Gasteiger partial charge >= 0.3 is 0 Å². The Bertz CT molecular complexity index is 754. The van der Waals surface area contributed by atoms with Crippen LogP contribution in [-0.4, -0.2) is 41.3 Å². The lowest BCUT2D eigenvalue weighted by Crippen LogP contribution is -2.47. The van der Waals surface area contributed by atoms with Gasteiger partial charge < -0.3 is 20.0 Å². The van der Waals surface area contributed by atoms with E-state index in [1.807, 2.05) is 13.8 Å². The third-order valence-corrected chi connectivity index (χ3v) is 5.13. The number of rotatable bonds is 5. The molecule has 2 aromatic heterocycles. The topological polar surface area (TPSA) is 87.5 Å². The van der Waals surface area contributed by atoms with E-state index in [1.165, 1.54) is 22.5 Å². The van der Waals surface area contributed by atoms with Crippen LogP contribution in [0.2, 0.25) is 0 Å². The molecule has 0 radical (unpaired) electrons. The molecule has 2 aromatic rings. The Hall–Kier alpha value is -2.19. The van der Waals surface area contributed by atoms with E-state index in [4.69, 9.17) is 4.42 Å². The second-order valence-corrected chi connectivity index (χ2v) is 7.62. The van der Waals surface area contributed by atoms with E-state index in [9.17, 15) is 9.59 Å². The van der Waals surface area contributed by atoms with Gasteiger partial charge in [-0.25, -0.2) is 4.98 Å². The number of carbonyl (C=O) groups excluding carboxylic acids is 2. The summed E-state index contributed by atoms with van der Waals surface area (Å²) in [7, 11) is 2.07. The maximum atomic E-state index is 12.6. The fraction of sp³-hybridized carbons (Fsp3) is 0.471. The first kappa shape index (κ1) is 17.6. The zero-order valence-electron chi connectivity index (χ0n) is 14.5. The highest BCUT2D eigenvalue weighted by atomic mass is 32.1. The van der Waals surface area contributed by atoms with E-state index in [-0.39, 0.29) is 17.6 Å². The van der Waals surface area contributed by atoms with Crippen LogP contribution in [0.3, 0.4) is 0 Å². The number of furan rings is 1. The second kappa shape index (κ2) is 7.37. The molecule has 0 aromatic carbocycles. The molecular formula is C17H22N4O3S. The summed E-state index contributed by atoms with van der Waals surface area (Å²) in [5.41, 5.74) is 1.05. The third kappa shape index (κ3) is 4.08. The maximum Gasteiger partial charge on any atom is 0.287 e. The van der Waals surface area contributed by atoms with Crippen molar-refractivity contribution in [2.45, 2.75) is 32.9 Å². The van der Waals surface area contributed by atoms with Crippen LogP contribution in [0.1, 0.15) is 35.0 Å². The van der Waals surface area contributed by atoms with Crippen molar-refractivity contribution < 1.29 is 14.0 Å². The Morgan fingerprint density at radius 2 is 2.20 bits per heavy atom. The number of thiazole rings is 1. The second-order valence-electron chi connectivity index (χ2n) is 6.54. The van der Waals surface area contributed by atoms with Crippen LogP contribution < -0.4 is 10.6 Å². The van der Waals surface area contributed by atoms with Crippen LogP contribution in [0.15, 0.2) is 22.8 Å². The summed E-state index contributed by atoms with van der Waals surface area (Å²) in [6, 6.07) is 2.54. The molecule has 0 unspecified atom stereocenters. The number of likely N-dealkylation sites (N-methyl/N-ethyl adjacent to an activating group) is 1. The van der Waals surface area contributed by atoms with Gasteiger partial charge in [0.25, 0.3) is 5.91 Å². The molecule has 0 aliphatic carbocycles. The number of nitrogens with one attached hydrogen (secondary N) is 2. The fourth-order valence-corrected chi connectivity index (χ4v) is 3.81. The van der Waals surface area contributed by atoms with Gasteiger partial charge in [-0.15, -0.1) is 11.3 Å². The Kier molecular flexibility index (Phi) is 5.19. The molecule has 1 aliphatic heterocycles.